The van der Waals surface area contributed by atoms with Gasteiger partial charge < -0.3 is 30.0 Å². The average Bonchev–Trinajstić information content (AvgIpc) is 3.68. The van der Waals surface area contributed by atoms with Gasteiger partial charge in [0.1, 0.15) is 22.6 Å². The van der Waals surface area contributed by atoms with E-state index in [1.54, 1.807) is 0 Å². The molecule has 1 spiro atoms. The van der Waals surface area contributed by atoms with Crippen LogP contribution in [-0.2, 0) is 17.7 Å². The predicted octanol–water partition coefficient (Wildman–Crippen LogP) is 5.84. The highest BCUT2D eigenvalue weighted by Crippen LogP contribution is 2.53. The van der Waals surface area contributed by atoms with Gasteiger partial charge in [0.2, 0.25) is 0 Å². The van der Waals surface area contributed by atoms with Crippen molar-refractivity contribution in [3.8, 4) is 5.75 Å². The number of aliphatic hydroxyl groups is 2. The summed E-state index contributed by atoms with van der Waals surface area (Å²) in [5.41, 5.74) is 4.00. The van der Waals surface area contributed by atoms with Crippen molar-refractivity contribution in [1.82, 2.24) is 4.90 Å². The molecule has 42 heavy (non-hydrogen) atoms. The monoisotopic (exact) mass is 603 g/mol. The summed E-state index contributed by atoms with van der Waals surface area (Å²) in [6, 6.07) is 2.40. The van der Waals surface area contributed by atoms with Crippen LogP contribution in [0.25, 0.3) is 0 Å². The van der Waals surface area contributed by atoms with Crippen molar-refractivity contribution in [3.63, 3.8) is 0 Å². The first-order valence-corrected chi connectivity index (χ1v) is 17.0. The summed E-state index contributed by atoms with van der Waals surface area (Å²) in [6.45, 7) is 9.31. The van der Waals surface area contributed by atoms with Crippen LogP contribution in [0.15, 0.2) is 11.2 Å². The summed E-state index contributed by atoms with van der Waals surface area (Å²) < 4.78 is 14.6. The summed E-state index contributed by atoms with van der Waals surface area (Å²) in [6.07, 6.45) is 9.08. The first-order chi connectivity index (χ1) is 19.9. The maximum atomic E-state index is 14.6. The Morgan fingerprint density at radius 1 is 1.10 bits per heavy atom. The minimum Gasteiger partial charge on any atom is -0.505 e. The van der Waals surface area contributed by atoms with Gasteiger partial charge in [-0.25, -0.2) is 4.39 Å². The lowest BCUT2D eigenvalue weighted by Crippen LogP contribution is -2.50. The Balaban J connectivity index is 1.11. The zero-order valence-electron chi connectivity index (χ0n) is 25.7. The van der Waals surface area contributed by atoms with E-state index in [1.165, 1.54) is 24.0 Å². The highest BCUT2D eigenvalue weighted by atomic mass is 31.0. The molecule has 3 aliphatic heterocycles. The van der Waals surface area contributed by atoms with E-state index in [-0.39, 0.29) is 5.60 Å². The molecule has 2 atom stereocenters. The summed E-state index contributed by atoms with van der Waals surface area (Å²) >= 11 is 0. The standard InChI is InChI=1S/C33H51FN3O4P/c1-4-5-25-23(17-26(22-6-7-22)28(29(25)38)37-14-10-33(34,42)11-15-37)16-21(2)24-18-32(19-24)20-27(35-41-32)36-12-8-31(3,9-13-36)30(39)40/h17,21-22,24,30,38-40H,4-16,18-20,42H2,1-3H3/t21-,24?,32?/m1/s1. The maximum absolute atomic E-state index is 14.6. The van der Waals surface area contributed by atoms with Crippen molar-refractivity contribution < 1.29 is 24.5 Å². The maximum Gasteiger partial charge on any atom is 0.157 e. The van der Waals surface area contributed by atoms with Crippen LogP contribution in [0.1, 0.15) is 108 Å². The molecule has 7 nitrogen and oxygen atoms in total. The molecule has 1 unspecified atom stereocenters. The van der Waals surface area contributed by atoms with E-state index in [1.807, 2.05) is 6.92 Å². The molecule has 234 valence electrons. The summed E-state index contributed by atoms with van der Waals surface area (Å²) in [7, 11) is 2.39. The van der Waals surface area contributed by atoms with Crippen LogP contribution in [0, 0.1) is 17.3 Å². The summed E-state index contributed by atoms with van der Waals surface area (Å²) in [5, 5.41) is 34.6. The number of aromatic hydroxyl groups is 1. The normalized spacial score (nSPS) is 29.4. The molecule has 1 aromatic carbocycles. The number of amidine groups is 1. The van der Waals surface area contributed by atoms with Crippen molar-refractivity contribution in [3.05, 3.63) is 22.8 Å². The fourth-order valence-electron chi connectivity index (χ4n) is 7.86. The van der Waals surface area contributed by atoms with Gasteiger partial charge in [-0.15, -0.1) is 0 Å². The first-order valence-electron chi connectivity index (χ1n) is 16.4. The van der Waals surface area contributed by atoms with Crippen molar-refractivity contribution in [2.75, 3.05) is 31.1 Å². The molecule has 2 saturated heterocycles. The number of hydrogen-bond acceptors (Lipinski definition) is 7. The van der Waals surface area contributed by atoms with Crippen LogP contribution in [-0.4, -0.2) is 69.5 Å². The number of anilines is 1. The fourth-order valence-corrected chi connectivity index (χ4v) is 8.12. The van der Waals surface area contributed by atoms with Gasteiger partial charge in [0, 0.05) is 44.4 Å². The van der Waals surface area contributed by atoms with E-state index in [4.69, 9.17) is 4.84 Å². The number of hydrogen-bond donors (Lipinski definition) is 3. The fraction of sp³-hybridized carbons (Fsp3) is 0.788. The van der Waals surface area contributed by atoms with Crippen LogP contribution >= 0.6 is 9.24 Å². The molecule has 3 N–H and O–H groups in total. The van der Waals surface area contributed by atoms with Crippen LogP contribution in [0.3, 0.4) is 0 Å². The van der Waals surface area contributed by atoms with Crippen molar-refractivity contribution >= 4 is 20.8 Å². The van der Waals surface area contributed by atoms with Crippen molar-refractivity contribution in [2.24, 2.45) is 22.4 Å². The number of phenols is 1. The Kier molecular flexibility index (Phi) is 8.24. The molecule has 9 heteroatoms. The molecule has 2 aliphatic carbocycles. The number of aliphatic hydroxyl groups excluding tert-OH is 1. The lowest BCUT2D eigenvalue weighted by atomic mass is 9.63. The van der Waals surface area contributed by atoms with E-state index >= 15 is 0 Å². The van der Waals surface area contributed by atoms with E-state index in [0.717, 1.165) is 81.5 Å². The van der Waals surface area contributed by atoms with E-state index < -0.39 is 17.1 Å². The zero-order valence-corrected chi connectivity index (χ0v) is 26.9. The van der Waals surface area contributed by atoms with E-state index in [2.05, 4.69) is 44.1 Å². The zero-order chi connectivity index (χ0) is 29.9. The summed E-state index contributed by atoms with van der Waals surface area (Å²) in [5.74, 6) is 2.99. The second-order valence-corrected chi connectivity index (χ2v) is 15.7. The molecular formula is C33H51FN3O4P. The Labute approximate surface area is 253 Å². The van der Waals surface area contributed by atoms with E-state index in [0.29, 0.717) is 49.4 Å². The highest BCUT2D eigenvalue weighted by Gasteiger charge is 2.53. The number of nitrogens with zero attached hydrogens (tertiary/aromatic N) is 3. The van der Waals surface area contributed by atoms with Gasteiger partial charge in [0.25, 0.3) is 0 Å². The molecule has 0 bridgehead atoms. The molecule has 0 radical (unpaired) electrons. The smallest absolute Gasteiger partial charge is 0.157 e. The number of halogens is 1. The van der Waals surface area contributed by atoms with Gasteiger partial charge >= 0.3 is 0 Å². The van der Waals surface area contributed by atoms with Crippen molar-refractivity contribution in [2.45, 2.75) is 121 Å². The van der Waals surface area contributed by atoms with Gasteiger partial charge in [-0.2, -0.15) is 0 Å². The first kappa shape index (κ1) is 30.4. The summed E-state index contributed by atoms with van der Waals surface area (Å²) in [4.78, 5) is 10.6. The average molecular weight is 604 g/mol. The van der Waals surface area contributed by atoms with Crippen LogP contribution in [0.2, 0.25) is 0 Å². The molecule has 0 amide bonds. The third-order valence-corrected chi connectivity index (χ3v) is 11.8. The Morgan fingerprint density at radius 2 is 1.74 bits per heavy atom. The number of likely N-dealkylation sites (tertiary alicyclic amines) is 1. The second kappa shape index (κ2) is 11.4. The molecule has 3 heterocycles. The largest absolute Gasteiger partial charge is 0.505 e. The number of oxime groups is 1. The van der Waals surface area contributed by atoms with Crippen LogP contribution in [0.4, 0.5) is 10.1 Å². The van der Waals surface area contributed by atoms with Gasteiger partial charge in [-0.05, 0) is 85.8 Å². The van der Waals surface area contributed by atoms with Gasteiger partial charge in [0.15, 0.2) is 6.29 Å². The number of alkyl halides is 1. The minimum atomic E-state index is -1.28. The van der Waals surface area contributed by atoms with Gasteiger partial charge in [-0.1, -0.05) is 47.7 Å². The third kappa shape index (κ3) is 5.89. The van der Waals surface area contributed by atoms with Crippen LogP contribution in [0.5, 0.6) is 5.75 Å². The molecule has 4 fully saturated rings. The van der Waals surface area contributed by atoms with Crippen molar-refractivity contribution in [1.29, 1.82) is 0 Å². The van der Waals surface area contributed by atoms with E-state index in [9.17, 15) is 19.7 Å². The lowest BCUT2D eigenvalue weighted by molar-refractivity contribution is -0.143. The van der Waals surface area contributed by atoms with Crippen LogP contribution < -0.4 is 4.90 Å². The van der Waals surface area contributed by atoms with Gasteiger partial charge in [0.05, 0.1) is 12.1 Å². The SMILES string of the molecule is CCCc1c(C[C@@H](C)C2CC3(CC(N4CCC(C)(C(O)O)CC4)=NO3)C2)cc(C2CC2)c(N2CCC(F)(P)CC2)c1O. The molecule has 0 aromatic heterocycles. The topological polar surface area (TPSA) is 88.8 Å². The second-order valence-electron chi connectivity index (χ2n) is 14.7. The number of piperidine rings is 2. The molecule has 6 rings (SSSR count). The Bertz CT molecular complexity index is 1180. The molecule has 5 aliphatic rings. The number of rotatable bonds is 8. The lowest BCUT2D eigenvalue weighted by Gasteiger charge is -2.46. The Morgan fingerprint density at radius 3 is 2.33 bits per heavy atom. The predicted molar refractivity (Wildman–Crippen MR) is 168 cm³/mol. The minimum absolute atomic E-state index is 0.194. The number of phenolic OH excluding ortho intramolecular Hbond substituents is 1. The van der Waals surface area contributed by atoms with Gasteiger partial charge in [-0.3, -0.25) is 0 Å². The third-order valence-electron chi connectivity index (χ3n) is 11.3. The highest BCUT2D eigenvalue weighted by molar-refractivity contribution is 7.18. The molecule has 2 saturated carbocycles. The molecular weight excluding hydrogens is 552 g/mol. The quantitative estimate of drug-likeness (QED) is 0.256. The number of benzene rings is 1. The molecule has 1 aromatic rings. The Hall–Kier alpha value is -1.63.